The predicted molar refractivity (Wildman–Crippen MR) is 80.6 cm³/mol. The van der Waals surface area contributed by atoms with Gasteiger partial charge >= 0.3 is 0 Å². The summed E-state index contributed by atoms with van der Waals surface area (Å²) in [5.41, 5.74) is 2.51. The van der Waals surface area contributed by atoms with Crippen LogP contribution >= 0.6 is 0 Å². The highest BCUT2D eigenvalue weighted by Crippen LogP contribution is 2.12. The molecule has 1 rings (SSSR count). The summed E-state index contributed by atoms with van der Waals surface area (Å²) >= 11 is 0. The van der Waals surface area contributed by atoms with Crippen molar-refractivity contribution < 1.29 is 4.74 Å². The number of ether oxygens (including phenoxy) is 1. The molecular formula is C15H27N3O. The number of aromatic nitrogens is 1. The van der Waals surface area contributed by atoms with Gasteiger partial charge in [-0.3, -0.25) is 0 Å². The molecule has 0 amide bonds. The van der Waals surface area contributed by atoms with Crippen LogP contribution in [-0.4, -0.2) is 30.8 Å². The number of rotatable bonds is 7. The van der Waals surface area contributed by atoms with Gasteiger partial charge in [-0.05, 0) is 44.9 Å². The lowest BCUT2D eigenvalue weighted by atomic mass is 10.1. The van der Waals surface area contributed by atoms with Gasteiger partial charge in [-0.2, -0.15) is 0 Å². The summed E-state index contributed by atoms with van der Waals surface area (Å²) in [5.74, 6) is 0.933. The van der Waals surface area contributed by atoms with Crippen molar-refractivity contribution in [3.63, 3.8) is 0 Å². The van der Waals surface area contributed by atoms with Crippen molar-refractivity contribution in [3.8, 4) is 0 Å². The van der Waals surface area contributed by atoms with Crippen LogP contribution in [0.1, 0.15) is 39.0 Å². The number of anilines is 1. The number of aryl methyl sites for hydroxylation is 1. The molecule has 4 heteroatoms. The highest BCUT2D eigenvalue weighted by molar-refractivity contribution is 5.39. The zero-order valence-corrected chi connectivity index (χ0v) is 12.8. The normalized spacial score (nSPS) is 11.6. The van der Waals surface area contributed by atoms with E-state index in [0.717, 1.165) is 31.0 Å². The fourth-order valence-corrected chi connectivity index (χ4v) is 1.67. The first-order valence-corrected chi connectivity index (χ1v) is 6.92. The third-order valence-corrected chi connectivity index (χ3v) is 2.74. The largest absolute Gasteiger partial charge is 0.383 e. The number of hydrogen-bond donors (Lipinski definition) is 2. The number of methoxy groups -OCH3 is 1. The van der Waals surface area contributed by atoms with Gasteiger partial charge in [0.15, 0.2) is 0 Å². The van der Waals surface area contributed by atoms with Crippen LogP contribution < -0.4 is 10.6 Å². The standard InChI is InChI=1S/C15H27N3O/c1-6-13-9-12(11-17-15(2,3)4)10-14(18-13)16-7-8-19-5/h9-10,17H,6-8,11H2,1-5H3,(H,16,18). The van der Waals surface area contributed by atoms with E-state index < -0.39 is 0 Å². The summed E-state index contributed by atoms with van der Waals surface area (Å²) in [6, 6.07) is 4.27. The minimum absolute atomic E-state index is 0.124. The molecule has 108 valence electrons. The summed E-state index contributed by atoms with van der Waals surface area (Å²) in [6.07, 6.45) is 0.947. The van der Waals surface area contributed by atoms with Crippen LogP contribution in [0.25, 0.3) is 0 Å². The minimum atomic E-state index is 0.124. The summed E-state index contributed by atoms with van der Waals surface area (Å²) in [5, 5.41) is 6.80. The zero-order valence-electron chi connectivity index (χ0n) is 12.8. The number of nitrogens with zero attached hydrogens (tertiary/aromatic N) is 1. The van der Waals surface area contributed by atoms with E-state index in [1.165, 1.54) is 5.56 Å². The van der Waals surface area contributed by atoms with E-state index in [4.69, 9.17) is 4.74 Å². The summed E-state index contributed by atoms with van der Waals surface area (Å²) in [4.78, 5) is 4.57. The molecule has 0 aliphatic rings. The molecule has 0 unspecified atom stereocenters. The van der Waals surface area contributed by atoms with E-state index >= 15 is 0 Å². The van der Waals surface area contributed by atoms with Gasteiger partial charge in [0.1, 0.15) is 5.82 Å². The molecule has 0 fully saturated rings. The Bertz CT molecular complexity index is 385. The highest BCUT2D eigenvalue weighted by atomic mass is 16.5. The third kappa shape index (κ3) is 6.55. The second-order valence-corrected chi connectivity index (χ2v) is 5.73. The van der Waals surface area contributed by atoms with E-state index in [1.54, 1.807) is 7.11 Å². The van der Waals surface area contributed by atoms with E-state index in [2.05, 4.69) is 55.4 Å². The molecule has 1 aromatic heterocycles. The SMILES string of the molecule is CCc1cc(CNC(C)(C)C)cc(NCCOC)n1. The monoisotopic (exact) mass is 265 g/mol. The lowest BCUT2D eigenvalue weighted by Crippen LogP contribution is -2.35. The van der Waals surface area contributed by atoms with Gasteiger partial charge in [-0.25, -0.2) is 4.98 Å². The molecule has 0 saturated heterocycles. The molecule has 0 spiro atoms. The second kappa shape index (κ2) is 7.46. The maximum absolute atomic E-state index is 5.04. The summed E-state index contributed by atoms with van der Waals surface area (Å²) < 4.78 is 5.04. The van der Waals surface area contributed by atoms with Crippen LogP contribution in [0.15, 0.2) is 12.1 Å². The maximum atomic E-state index is 5.04. The molecule has 0 atom stereocenters. The van der Waals surface area contributed by atoms with Crippen molar-refractivity contribution >= 4 is 5.82 Å². The molecule has 2 N–H and O–H groups in total. The first kappa shape index (κ1) is 15.9. The first-order chi connectivity index (χ1) is 8.94. The van der Waals surface area contributed by atoms with Crippen LogP contribution in [-0.2, 0) is 17.7 Å². The second-order valence-electron chi connectivity index (χ2n) is 5.73. The van der Waals surface area contributed by atoms with Crippen molar-refractivity contribution in [2.75, 3.05) is 25.6 Å². The Labute approximate surface area is 117 Å². The Morgan fingerprint density at radius 3 is 2.58 bits per heavy atom. The molecule has 0 aromatic carbocycles. The molecule has 0 saturated carbocycles. The van der Waals surface area contributed by atoms with Crippen LogP contribution in [0, 0.1) is 0 Å². The van der Waals surface area contributed by atoms with E-state index in [-0.39, 0.29) is 5.54 Å². The maximum Gasteiger partial charge on any atom is 0.126 e. The molecule has 0 bridgehead atoms. The topological polar surface area (TPSA) is 46.2 Å². The quantitative estimate of drug-likeness (QED) is 0.744. The Balaban J connectivity index is 2.71. The number of pyridine rings is 1. The van der Waals surface area contributed by atoms with Gasteiger partial charge in [0, 0.05) is 31.4 Å². The predicted octanol–water partition coefficient (Wildman–Crippen LogP) is 2.59. The van der Waals surface area contributed by atoms with Crippen molar-refractivity contribution in [2.45, 2.75) is 46.2 Å². The molecule has 1 heterocycles. The van der Waals surface area contributed by atoms with Crippen LogP contribution in [0.3, 0.4) is 0 Å². The van der Waals surface area contributed by atoms with Gasteiger partial charge in [-0.1, -0.05) is 6.92 Å². The molecular weight excluding hydrogens is 238 g/mol. The molecule has 1 aromatic rings. The van der Waals surface area contributed by atoms with Crippen molar-refractivity contribution in [1.82, 2.24) is 10.3 Å². The zero-order chi connectivity index (χ0) is 14.3. The Morgan fingerprint density at radius 2 is 2.00 bits per heavy atom. The molecule has 0 aliphatic heterocycles. The van der Waals surface area contributed by atoms with Crippen molar-refractivity contribution in [2.24, 2.45) is 0 Å². The Kier molecular flexibility index (Phi) is 6.25. The highest BCUT2D eigenvalue weighted by Gasteiger charge is 2.09. The fourth-order valence-electron chi connectivity index (χ4n) is 1.67. The lowest BCUT2D eigenvalue weighted by Gasteiger charge is -2.21. The molecule has 0 radical (unpaired) electrons. The summed E-state index contributed by atoms with van der Waals surface area (Å²) in [6.45, 7) is 11.0. The van der Waals surface area contributed by atoms with Crippen LogP contribution in [0.2, 0.25) is 0 Å². The fraction of sp³-hybridized carbons (Fsp3) is 0.667. The van der Waals surface area contributed by atoms with Crippen LogP contribution in [0.5, 0.6) is 0 Å². The minimum Gasteiger partial charge on any atom is -0.383 e. The first-order valence-electron chi connectivity index (χ1n) is 6.92. The average molecular weight is 265 g/mol. The summed E-state index contributed by atoms with van der Waals surface area (Å²) in [7, 11) is 1.70. The average Bonchev–Trinajstić information content (AvgIpc) is 2.36. The van der Waals surface area contributed by atoms with E-state index in [9.17, 15) is 0 Å². The van der Waals surface area contributed by atoms with Crippen LogP contribution in [0.4, 0.5) is 5.82 Å². The molecule has 19 heavy (non-hydrogen) atoms. The third-order valence-electron chi connectivity index (χ3n) is 2.74. The molecule has 4 nitrogen and oxygen atoms in total. The van der Waals surface area contributed by atoms with Gasteiger partial charge < -0.3 is 15.4 Å². The van der Waals surface area contributed by atoms with Crippen molar-refractivity contribution in [3.05, 3.63) is 23.4 Å². The smallest absolute Gasteiger partial charge is 0.126 e. The Hall–Kier alpha value is -1.13. The Morgan fingerprint density at radius 1 is 1.26 bits per heavy atom. The van der Waals surface area contributed by atoms with Crippen molar-refractivity contribution in [1.29, 1.82) is 0 Å². The van der Waals surface area contributed by atoms with Gasteiger partial charge in [0.2, 0.25) is 0 Å². The lowest BCUT2D eigenvalue weighted by molar-refractivity contribution is 0.210. The van der Waals surface area contributed by atoms with Gasteiger partial charge in [0.25, 0.3) is 0 Å². The molecule has 0 aliphatic carbocycles. The van der Waals surface area contributed by atoms with E-state index in [1.807, 2.05) is 0 Å². The van der Waals surface area contributed by atoms with E-state index in [0.29, 0.717) is 6.61 Å². The van der Waals surface area contributed by atoms with Gasteiger partial charge in [-0.15, -0.1) is 0 Å². The number of nitrogens with one attached hydrogen (secondary N) is 2. The van der Waals surface area contributed by atoms with Gasteiger partial charge in [0.05, 0.1) is 6.61 Å². The number of hydrogen-bond acceptors (Lipinski definition) is 4.